The van der Waals surface area contributed by atoms with Gasteiger partial charge in [-0.05, 0) is 38.0 Å². The van der Waals surface area contributed by atoms with Crippen LogP contribution in [0, 0.1) is 0 Å². The van der Waals surface area contributed by atoms with Crippen LogP contribution in [0.4, 0.5) is 0 Å². The summed E-state index contributed by atoms with van der Waals surface area (Å²) in [6, 6.07) is 4.29. The number of hydrogen-bond acceptors (Lipinski definition) is 3. The fourth-order valence-corrected chi connectivity index (χ4v) is 2.50. The summed E-state index contributed by atoms with van der Waals surface area (Å²) in [7, 11) is 3.94. The molecule has 0 saturated carbocycles. The highest BCUT2D eigenvalue weighted by molar-refractivity contribution is 14.0. The maximum atomic E-state index is 4.35. The number of aliphatic imine (C=N–C) groups is 1. The number of halogens is 1. The first-order valence-electron chi connectivity index (χ1n) is 6.48. The average Bonchev–Trinajstić information content (AvgIpc) is 2.90. The lowest BCUT2D eigenvalue weighted by Crippen LogP contribution is -2.44. The second kappa shape index (κ2) is 9.89. The Morgan fingerprint density at radius 2 is 2.20 bits per heavy atom. The van der Waals surface area contributed by atoms with Crippen LogP contribution in [0.3, 0.4) is 0 Å². The second-order valence-corrected chi connectivity index (χ2v) is 7.66. The van der Waals surface area contributed by atoms with Gasteiger partial charge in [-0.25, -0.2) is 0 Å². The third-order valence-electron chi connectivity index (χ3n) is 3.07. The van der Waals surface area contributed by atoms with E-state index < -0.39 is 0 Å². The van der Waals surface area contributed by atoms with Crippen molar-refractivity contribution in [3.63, 3.8) is 0 Å². The van der Waals surface area contributed by atoms with E-state index in [1.807, 2.05) is 30.1 Å². The molecule has 0 atom stereocenters. The zero-order valence-corrected chi connectivity index (χ0v) is 16.9. The minimum Gasteiger partial charge on any atom is -0.355 e. The fraction of sp³-hybridized carbons (Fsp3) is 0.643. The topological polar surface area (TPSA) is 27.6 Å². The van der Waals surface area contributed by atoms with Gasteiger partial charge in [-0.1, -0.05) is 6.07 Å². The Kier molecular flexibility index (Phi) is 9.92. The van der Waals surface area contributed by atoms with Crippen LogP contribution in [0.2, 0.25) is 0 Å². The van der Waals surface area contributed by atoms with Crippen LogP contribution >= 0.6 is 47.1 Å². The van der Waals surface area contributed by atoms with E-state index in [1.54, 1.807) is 0 Å². The summed E-state index contributed by atoms with van der Waals surface area (Å²) in [5, 5.41) is 5.58. The predicted octanol–water partition coefficient (Wildman–Crippen LogP) is 3.56. The van der Waals surface area contributed by atoms with Gasteiger partial charge >= 0.3 is 0 Å². The van der Waals surface area contributed by atoms with Crippen molar-refractivity contribution in [1.29, 1.82) is 0 Å². The number of rotatable bonds is 6. The summed E-state index contributed by atoms with van der Waals surface area (Å²) >= 11 is 3.68. The molecule has 0 saturated heterocycles. The molecule has 1 aromatic rings. The quantitative estimate of drug-likeness (QED) is 0.428. The first-order chi connectivity index (χ1) is 8.98. The van der Waals surface area contributed by atoms with Gasteiger partial charge in [-0.15, -0.1) is 35.3 Å². The number of nitrogens with one attached hydrogen (secondary N) is 1. The normalized spacial score (nSPS) is 11.9. The lowest BCUT2D eigenvalue weighted by Gasteiger charge is -2.27. The molecule has 6 heteroatoms. The van der Waals surface area contributed by atoms with Gasteiger partial charge in [0.2, 0.25) is 0 Å². The number of thioether (sulfide) groups is 1. The molecule has 0 amide bonds. The maximum absolute atomic E-state index is 4.35. The van der Waals surface area contributed by atoms with Gasteiger partial charge in [-0.2, -0.15) is 11.8 Å². The molecule has 0 aliphatic carbocycles. The predicted molar refractivity (Wildman–Crippen MR) is 105 cm³/mol. The summed E-state index contributed by atoms with van der Waals surface area (Å²) in [6.07, 6.45) is 3.21. The molecule has 3 nitrogen and oxygen atoms in total. The summed E-state index contributed by atoms with van der Waals surface area (Å²) in [5.41, 5.74) is 0. The maximum Gasteiger partial charge on any atom is 0.193 e. The SMILES string of the molecule is CN=C(NCC(C)(C)SC)N(C)CCc1cccs1.I. The molecule has 0 aliphatic rings. The third kappa shape index (κ3) is 7.17. The van der Waals surface area contributed by atoms with Crippen LogP contribution in [0.15, 0.2) is 22.5 Å². The molecule has 1 heterocycles. The number of guanidine groups is 1. The molecule has 0 aromatic carbocycles. The van der Waals surface area contributed by atoms with Crippen LogP contribution < -0.4 is 5.32 Å². The molecule has 0 fully saturated rings. The standard InChI is InChI=1S/C14H25N3S2.HI/c1-14(2,18-5)11-16-13(15-3)17(4)9-8-12-7-6-10-19-12;/h6-7,10H,8-9,11H2,1-5H3,(H,15,16);1H. The minimum atomic E-state index is 0. The molecule has 1 rings (SSSR count). The molecular formula is C14H26IN3S2. The average molecular weight is 427 g/mol. The summed E-state index contributed by atoms with van der Waals surface area (Å²) in [4.78, 5) is 7.96. The number of hydrogen-bond donors (Lipinski definition) is 1. The van der Waals surface area contributed by atoms with Crippen molar-refractivity contribution in [2.45, 2.75) is 25.0 Å². The van der Waals surface area contributed by atoms with Crippen molar-refractivity contribution in [3.05, 3.63) is 22.4 Å². The molecule has 0 radical (unpaired) electrons. The molecule has 0 bridgehead atoms. The second-order valence-electron chi connectivity index (χ2n) is 5.12. The van der Waals surface area contributed by atoms with Gasteiger partial charge in [0, 0.05) is 36.8 Å². The molecule has 0 unspecified atom stereocenters. The zero-order chi connectivity index (χ0) is 14.3. The highest BCUT2D eigenvalue weighted by Gasteiger charge is 2.17. The largest absolute Gasteiger partial charge is 0.355 e. The zero-order valence-electron chi connectivity index (χ0n) is 13.0. The van der Waals surface area contributed by atoms with Gasteiger partial charge in [0.05, 0.1) is 0 Å². The van der Waals surface area contributed by atoms with Crippen LogP contribution in [0.1, 0.15) is 18.7 Å². The lowest BCUT2D eigenvalue weighted by molar-refractivity contribution is 0.481. The summed E-state index contributed by atoms with van der Waals surface area (Å²) < 4.78 is 0.227. The van der Waals surface area contributed by atoms with Gasteiger partial charge in [0.25, 0.3) is 0 Å². The van der Waals surface area contributed by atoms with Crippen LogP contribution in [-0.4, -0.2) is 49.0 Å². The Labute approximate surface area is 148 Å². The monoisotopic (exact) mass is 427 g/mol. The molecule has 116 valence electrons. The van der Waals surface area contributed by atoms with Crippen LogP contribution in [0.5, 0.6) is 0 Å². The molecule has 1 N–H and O–H groups in total. The third-order valence-corrected chi connectivity index (χ3v) is 5.26. The van der Waals surface area contributed by atoms with E-state index in [4.69, 9.17) is 0 Å². The van der Waals surface area contributed by atoms with Crippen molar-refractivity contribution < 1.29 is 0 Å². The Bertz CT molecular complexity index is 391. The lowest BCUT2D eigenvalue weighted by atomic mass is 10.2. The Balaban J connectivity index is 0.00000361. The van der Waals surface area contributed by atoms with E-state index in [2.05, 4.69) is 59.9 Å². The summed E-state index contributed by atoms with van der Waals surface area (Å²) in [5.74, 6) is 0.971. The Hall–Kier alpha value is 0.0500. The summed E-state index contributed by atoms with van der Waals surface area (Å²) in [6.45, 7) is 6.39. The van der Waals surface area contributed by atoms with E-state index in [9.17, 15) is 0 Å². The molecular weight excluding hydrogens is 401 g/mol. The van der Waals surface area contributed by atoms with E-state index in [1.165, 1.54) is 4.88 Å². The smallest absolute Gasteiger partial charge is 0.193 e. The van der Waals surface area contributed by atoms with Crippen molar-refractivity contribution in [2.24, 2.45) is 4.99 Å². The molecule has 0 aliphatic heterocycles. The number of thiophene rings is 1. The fourth-order valence-electron chi connectivity index (χ4n) is 1.59. The first-order valence-corrected chi connectivity index (χ1v) is 8.58. The Morgan fingerprint density at radius 1 is 1.50 bits per heavy atom. The van der Waals surface area contributed by atoms with E-state index in [0.717, 1.165) is 25.5 Å². The highest BCUT2D eigenvalue weighted by Crippen LogP contribution is 2.19. The highest BCUT2D eigenvalue weighted by atomic mass is 127. The van der Waals surface area contributed by atoms with Gasteiger partial charge < -0.3 is 10.2 Å². The van der Waals surface area contributed by atoms with Crippen molar-refractivity contribution in [2.75, 3.05) is 33.4 Å². The van der Waals surface area contributed by atoms with Gasteiger partial charge in [-0.3, -0.25) is 4.99 Å². The molecule has 0 spiro atoms. The Morgan fingerprint density at radius 3 is 2.70 bits per heavy atom. The molecule has 20 heavy (non-hydrogen) atoms. The first kappa shape index (κ1) is 20.1. The van der Waals surface area contributed by atoms with Gasteiger partial charge in [0.1, 0.15) is 0 Å². The van der Waals surface area contributed by atoms with Gasteiger partial charge in [0.15, 0.2) is 5.96 Å². The number of nitrogens with zero attached hydrogens (tertiary/aromatic N) is 2. The van der Waals surface area contributed by atoms with Crippen LogP contribution in [-0.2, 0) is 6.42 Å². The van der Waals surface area contributed by atoms with E-state index >= 15 is 0 Å². The van der Waals surface area contributed by atoms with Crippen LogP contribution in [0.25, 0.3) is 0 Å². The van der Waals surface area contributed by atoms with Crippen molar-refractivity contribution >= 4 is 53.0 Å². The van der Waals surface area contributed by atoms with E-state index in [0.29, 0.717) is 0 Å². The van der Waals surface area contributed by atoms with Crippen molar-refractivity contribution in [1.82, 2.24) is 10.2 Å². The molecule has 1 aromatic heterocycles. The van der Waals surface area contributed by atoms with E-state index in [-0.39, 0.29) is 28.7 Å². The number of likely N-dealkylation sites (N-methyl/N-ethyl adjacent to an activating group) is 1. The minimum absolute atomic E-state index is 0. The van der Waals surface area contributed by atoms with Crippen molar-refractivity contribution in [3.8, 4) is 0 Å².